The van der Waals surface area contributed by atoms with Crippen LogP contribution in [0, 0.1) is 19.8 Å². The monoisotopic (exact) mass is 565 g/mol. The lowest BCUT2D eigenvalue weighted by Gasteiger charge is -2.32. The van der Waals surface area contributed by atoms with E-state index in [-0.39, 0.29) is 29.4 Å². The standard InChI is InChI=1S/C26H39N5O.HI/c1-20-21(2)32-24(30-20)18-31-15-11-22(12-16-31)17-28-25(27-3)29-19-26(13-7-8-14-26)23-9-5-4-6-10-23;/h4-6,9-10,22H,7-8,11-19H2,1-3H3,(H2,27,28,29);1H. The molecule has 2 aliphatic rings. The molecule has 0 radical (unpaired) electrons. The highest BCUT2D eigenvalue weighted by Crippen LogP contribution is 2.40. The molecule has 1 aliphatic carbocycles. The summed E-state index contributed by atoms with van der Waals surface area (Å²) in [6.45, 7) is 8.92. The van der Waals surface area contributed by atoms with Crippen molar-refractivity contribution in [3.8, 4) is 0 Å². The van der Waals surface area contributed by atoms with Crippen LogP contribution >= 0.6 is 24.0 Å². The molecule has 7 heteroatoms. The van der Waals surface area contributed by atoms with Gasteiger partial charge in [0.25, 0.3) is 0 Å². The molecule has 0 bridgehead atoms. The number of guanidine groups is 1. The number of rotatable bonds is 7. The second-order valence-electron chi connectivity index (χ2n) is 9.63. The number of aryl methyl sites for hydroxylation is 2. The van der Waals surface area contributed by atoms with Crippen molar-refractivity contribution in [1.82, 2.24) is 20.5 Å². The van der Waals surface area contributed by atoms with Gasteiger partial charge in [0.2, 0.25) is 5.89 Å². The Morgan fingerprint density at radius 3 is 2.42 bits per heavy atom. The molecule has 1 aromatic heterocycles. The van der Waals surface area contributed by atoms with Gasteiger partial charge < -0.3 is 15.1 Å². The van der Waals surface area contributed by atoms with Crippen molar-refractivity contribution >= 4 is 29.9 Å². The van der Waals surface area contributed by atoms with Gasteiger partial charge in [-0.05, 0) is 64.1 Å². The van der Waals surface area contributed by atoms with Gasteiger partial charge in [-0.25, -0.2) is 4.98 Å². The fourth-order valence-corrected chi connectivity index (χ4v) is 5.27. The molecule has 2 N–H and O–H groups in total. The van der Waals surface area contributed by atoms with Gasteiger partial charge in [-0.3, -0.25) is 9.89 Å². The first-order valence-corrected chi connectivity index (χ1v) is 12.2. The Bertz CT molecular complexity index is 864. The molecule has 0 unspecified atom stereocenters. The van der Waals surface area contributed by atoms with E-state index >= 15 is 0 Å². The van der Waals surface area contributed by atoms with Gasteiger partial charge >= 0.3 is 0 Å². The van der Waals surface area contributed by atoms with Crippen molar-refractivity contribution in [1.29, 1.82) is 0 Å². The lowest BCUT2D eigenvalue weighted by atomic mass is 9.79. The molecule has 2 heterocycles. The summed E-state index contributed by atoms with van der Waals surface area (Å²) >= 11 is 0. The van der Waals surface area contributed by atoms with Crippen LogP contribution in [0.15, 0.2) is 39.7 Å². The SMILES string of the molecule is CN=C(NCC1CCN(Cc2nc(C)c(C)o2)CC1)NCC1(c2ccccc2)CCCC1.I. The van der Waals surface area contributed by atoms with Crippen molar-refractivity contribution < 1.29 is 4.42 Å². The molecular formula is C26H40IN5O. The first kappa shape index (κ1) is 26.0. The van der Waals surface area contributed by atoms with Crippen LogP contribution in [0.1, 0.15) is 61.4 Å². The smallest absolute Gasteiger partial charge is 0.208 e. The van der Waals surface area contributed by atoms with E-state index in [1.807, 2.05) is 20.9 Å². The normalized spacial score (nSPS) is 19.3. The van der Waals surface area contributed by atoms with E-state index < -0.39 is 0 Å². The summed E-state index contributed by atoms with van der Waals surface area (Å²) in [5.41, 5.74) is 2.70. The average molecular weight is 566 g/mol. The Labute approximate surface area is 216 Å². The minimum Gasteiger partial charge on any atom is -0.444 e. The molecule has 1 saturated carbocycles. The minimum absolute atomic E-state index is 0. The summed E-state index contributed by atoms with van der Waals surface area (Å²) in [5.74, 6) is 3.39. The molecule has 2 aromatic rings. The van der Waals surface area contributed by atoms with E-state index in [2.05, 4.69) is 55.8 Å². The van der Waals surface area contributed by atoms with Crippen molar-refractivity contribution in [2.24, 2.45) is 10.9 Å². The van der Waals surface area contributed by atoms with Crippen LogP contribution in [-0.4, -0.2) is 49.1 Å². The number of nitrogens with zero attached hydrogens (tertiary/aromatic N) is 3. The van der Waals surface area contributed by atoms with E-state index in [0.29, 0.717) is 5.92 Å². The van der Waals surface area contributed by atoms with Gasteiger partial charge in [-0.1, -0.05) is 43.2 Å². The molecule has 0 atom stereocenters. The maximum Gasteiger partial charge on any atom is 0.208 e. The third kappa shape index (κ3) is 6.72. The lowest BCUT2D eigenvalue weighted by Crippen LogP contribution is -2.46. The van der Waals surface area contributed by atoms with Crippen LogP contribution < -0.4 is 10.6 Å². The fraction of sp³-hybridized carbons (Fsp3) is 0.615. The second kappa shape index (κ2) is 12.2. The number of piperidine rings is 1. The van der Waals surface area contributed by atoms with E-state index in [0.717, 1.165) is 56.0 Å². The Hall–Kier alpha value is -1.61. The average Bonchev–Trinajstić information content (AvgIpc) is 3.42. The van der Waals surface area contributed by atoms with Crippen LogP contribution in [0.3, 0.4) is 0 Å². The number of aliphatic imine (C=N–C) groups is 1. The number of likely N-dealkylation sites (tertiary alicyclic amines) is 1. The molecule has 1 saturated heterocycles. The number of hydrogen-bond acceptors (Lipinski definition) is 4. The Morgan fingerprint density at radius 2 is 1.82 bits per heavy atom. The second-order valence-corrected chi connectivity index (χ2v) is 9.63. The van der Waals surface area contributed by atoms with Gasteiger partial charge in [0, 0.05) is 25.6 Å². The first-order chi connectivity index (χ1) is 15.6. The third-order valence-corrected chi connectivity index (χ3v) is 7.46. The number of nitrogens with one attached hydrogen (secondary N) is 2. The molecule has 1 aliphatic heterocycles. The quantitative estimate of drug-likeness (QED) is 0.287. The van der Waals surface area contributed by atoms with Crippen molar-refractivity contribution in [3.05, 3.63) is 53.2 Å². The maximum atomic E-state index is 5.76. The van der Waals surface area contributed by atoms with Gasteiger partial charge in [0.15, 0.2) is 5.96 Å². The van der Waals surface area contributed by atoms with E-state index in [4.69, 9.17) is 4.42 Å². The number of halogens is 1. The van der Waals surface area contributed by atoms with Crippen LogP contribution in [0.25, 0.3) is 0 Å². The van der Waals surface area contributed by atoms with Crippen molar-refractivity contribution in [3.63, 3.8) is 0 Å². The molecule has 1 aromatic carbocycles. The molecule has 2 fully saturated rings. The third-order valence-electron chi connectivity index (χ3n) is 7.46. The van der Waals surface area contributed by atoms with Crippen LogP contribution in [0.5, 0.6) is 0 Å². The zero-order valence-electron chi connectivity index (χ0n) is 20.4. The van der Waals surface area contributed by atoms with Gasteiger partial charge in [0.1, 0.15) is 5.76 Å². The molecular weight excluding hydrogens is 525 g/mol. The number of aromatic nitrogens is 1. The number of oxazole rings is 1. The zero-order valence-corrected chi connectivity index (χ0v) is 22.7. The van der Waals surface area contributed by atoms with E-state index in [1.165, 1.54) is 44.1 Å². The highest BCUT2D eigenvalue weighted by Gasteiger charge is 2.35. The van der Waals surface area contributed by atoms with Gasteiger partial charge in [-0.15, -0.1) is 24.0 Å². The molecule has 182 valence electrons. The van der Waals surface area contributed by atoms with Crippen molar-refractivity contribution in [2.75, 3.05) is 33.2 Å². The predicted octanol–water partition coefficient (Wildman–Crippen LogP) is 4.80. The van der Waals surface area contributed by atoms with Crippen LogP contribution in [0.2, 0.25) is 0 Å². The lowest BCUT2D eigenvalue weighted by molar-refractivity contribution is 0.164. The number of hydrogen-bond donors (Lipinski definition) is 2. The van der Waals surface area contributed by atoms with Crippen LogP contribution in [-0.2, 0) is 12.0 Å². The summed E-state index contributed by atoms with van der Waals surface area (Å²) in [5, 5.41) is 7.24. The number of benzene rings is 1. The van der Waals surface area contributed by atoms with Crippen molar-refractivity contribution in [2.45, 2.75) is 64.3 Å². The molecule has 33 heavy (non-hydrogen) atoms. The summed E-state index contributed by atoms with van der Waals surface area (Å²) in [7, 11) is 1.88. The van der Waals surface area contributed by atoms with Gasteiger partial charge in [-0.2, -0.15) is 0 Å². The molecule has 4 rings (SSSR count). The molecule has 0 amide bonds. The topological polar surface area (TPSA) is 65.7 Å². The Balaban J connectivity index is 0.00000306. The Kier molecular flexibility index (Phi) is 9.61. The van der Waals surface area contributed by atoms with Crippen LogP contribution in [0.4, 0.5) is 0 Å². The Morgan fingerprint density at radius 1 is 1.12 bits per heavy atom. The predicted molar refractivity (Wildman–Crippen MR) is 145 cm³/mol. The highest BCUT2D eigenvalue weighted by atomic mass is 127. The summed E-state index contributed by atoms with van der Waals surface area (Å²) in [6.07, 6.45) is 7.51. The molecule has 6 nitrogen and oxygen atoms in total. The van der Waals surface area contributed by atoms with E-state index in [9.17, 15) is 0 Å². The van der Waals surface area contributed by atoms with E-state index in [1.54, 1.807) is 0 Å². The molecule has 0 spiro atoms. The zero-order chi connectivity index (χ0) is 22.4. The maximum absolute atomic E-state index is 5.76. The highest BCUT2D eigenvalue weighted by molar-refractivity contribution is 14.0. The first-order valence-electron chi connectivity index (χ1n) is 12.2. The summed E-state index contributed by atoms with van der Waals surface area (Å²) in [6, 6.07) is 11.0. The fourth-order valence-electron chi connectivity index (χ4n) is 5.27. The van der Waals surface area contributed by atoms with Gasteiger partial charge in [0.05, 0.1) is 12.2 Å². The summed E-state index contributed by atoms with van der Waals surface area (Å²) < 4.78 is 5.76. The largest absolute Gasteiger partial charge is 0.444 e. The minimum atomic E-state index is 0. The summed E-state index contributed by atoms with van der Waals surface area (Å²) in [4.78, 5) is 11.5.